The number of fused-ring (bicyclic) bond motifs is 3. The number of benzene rings is 2. The quantitative estimate of drug-likeness (QED) is 0.705. The van der Waals surface area contributed by atoms with E-state index < -0.39 is 0 Å². The molecule has 0 radical (unpaired) electrons. The van der Waals surface area contributed by atoms with Gasteiger partial charge in [-0.25, -0.2) is 4.98 Å². The van der Waals surface area contributed by atoms with Crippen molar-refractivity contribution in [3.05, 3.63) is 53.2 Å². The molecule has 0 fully saturated rings. The molecule has 1 aliphatic heterocycles. The van der Waals surface area contributed by atoms with Gasteiger partial charge in [0.1, 0.15) is 5.75 Å². The SMILES string of the molecule is COc1cc(OC)c([C@@H]2C3=C(CCCC3=O)Nc3nc4ccccc4n32)cc1OC. The van der Waals surface area contributed by atoms with Crippen LogP contribution in [0.5, 0.6) is 17.2 Å². The van der Waals surface area contributed by atoms with E-state index in [0.717, 1.165) is 46.7 Å². The number of allylic oxidation sites excluding steroid dienone is 2. The molecule has 2 aromatic carbocycles. The summed E-state index contributed by atoms with van der Waals surface area (Å²) in [6.07, 6.45) is 2.19. The maximum atomic E-state index is 13.1. The number of ether oxygens (including phenoxy) is 3. The molecular weight excluding hydrogens is 382 g/mol. The summed E-state index contributed by atoms with van der Waals surface area (Å²) in [4.78, 5) is 17.9. The van der Waals surface area contributed by atoms with E-state index in [1.807, 2.05) is 36.4 Å². The lowest BCUT2D eigenvalue weighted by molar-refractivity contribution is -0.116. The van der Waals surface area contributed by atoms with Crippen molar-refractivity contribution < 1.29 is 19.0 Å². The summed E-state index contributed by atoms with van der Waals surface area (Å²) in [7, 11) is 4.82. The Morgan fingerprint density at radius 2 is 1.73 bits per heavy atom. The minimum absolute atomic E-state index is 0.147. The van der Waals surface area contributed by atoms with E-state index in [1.54, 1.807) is 21.3 Å². The van der Waals surface area contributed by atoms with Crippen LogP contribution >= 0.6 is 0 Å². The molecule has 5 rings (SSSR count). The van der Waals surface area contributed by atoms with Crippen molar-refractivity contribution in [2.24, 2.45) is 0 Å². The zero-order valence-electron chi connectivity index (χ0n) is 17.2. The lowest BCUT2D eigenvalue weighted by Gasteiger charge is -2.34. The minimum atomic E-state index is -0.369. The number of nitrogens with one attached hydrogen (secondary N) is 1. The van der Waals surface area contributed by atoms with E-state index in [9.17, 15) is 4.79 Å². The second kappa shape index (κ2) is 7.09. The first-order valence-corrected chi connectivity index (χ1v) is 9.96. The van der Waals surface area contributed by atoms with Gasteiger partial charge in [0.15, 0.2) is 17.3 Å². The topological polar surface area (TPSA) is 74.6 Å². The van der Waals surface area contributed by atoms with Gasteiger partial charge in [-0.2, -0.15) is 0 Å². The van der Waals surface area contributed by atoms with E-state index in [2.05, 4.69) is 9.88 Å². The summed E-state index contributed by atoms with van der Waals surface area (Å²) in [5, 5.41) is 3.42. The molecule has 2 aliphatic rings. The van der Waals surface area contributed by atoms with Crippen molar-refractivity contribution in [2.75, 3.05) is 26.6 Å². The van der Waals surface area contributed by atoms with Crippen molar-refractivity contribution in [2.45, 2.75) is 25.3 Å². The summed E-state index contributed by atoms with van der Waals surface area (Å²) in [6, 6.07) is 11.3. The summed E-state index contributed by atoms with van der Waals surface area (Å²) in [6.45, 7) is 0. The van der Waals surface area contributed by atoms with Gasteiger partial charge in [0, 0.05) is 29.3 Å². The molecule has 0 saturated heterocycles. The third kappa shape index (κ3) is 2.65. The third-order valence-corrected chi connectivity index (χ3v) is 5.88. The van der Waals surface area contributed by atoms with E-state index in [-0.39, 0.29) is 11.8 Å². The number of Topliss-reactive ketones (excluding diaryl/α,β-unsaturated/α-hetero) is 1. The van der Waals surface area contributed by atoms with Gasteiger partial charge in [-0.3, -0.25) is 9.36 Å². The molecule has 0 bridgehead atoms. The maximum Gasteiger partial charge on any atom is 0.209 e. The molecule has 0 unspecified atom stereocenters. The number of anilines is 1. The number of imidazole rings is 1. The van der Waals surface area contributed by atoms with Crippen LogP contribution in [0.3, 0.4) is 0 Å². The van der Waals surface area contributed by atoms with E-state index in [1.165, 1.54) is 0 Å². The zero-order chi connectivity index (χ0) is 20.8. The summed E-state index contributed by atoms with van der Waals surface area (Å²) < 4.78 is 18.8. The highest BCUT2D eigenvalue weighted by molar-refractivity contribution is 6.00. The monoisotopic (exact) mass is 405 g/mol. The van der Waals surface area contributed by atoms with Crippen LogP contribution in [-0.4, -0.2) is 36.7 Å². The molecule has 1 atom stereocenters. The molecule has 1 aliphatic carbocycles. The predicted molar refractivity (Wildman–Crippen MR) is 113 cm³/mol. The number of nitrogens with zero attached hydrogens (tertiary/aromatic N) is 2. The highest BCUT2D eigenvalue weighted by atomic mass is 16.5. The normalized spacial score (nSPS) is 18.0. The fourth-order valence-electron chi connectivity index (χ4n) is 4.53. The van der Waals surface area contributed by atoms with Crippen LogP contribution in [0.25, 0.3) is 11.0 Å². The number of ketones is 1. The van der Waals surface area contributed by atoms with Crippen LogP contribution in [0.4, 0.5) is 5.95 Å². The van der Waals surface area contributed by atoms with Gasteiger partial charge >= 0.3 is 0 Å². The van der Waals surface area contributed by atoms with Crippen molar-refractivity contribution in [3.8, 4) is 17.2 Å². The number of rotatable bonds is 4. The van der Waals surface area contributed by atoms with Gasteiger partial charge in [0.05, 0.1) is 38.4 Å². The molecule has 2 heterocycles. The standard InChI is InChI=1S/C23H23N3O4/c1-28-18-12-20(30-3)19(29-2)11-13(18)22-21-15(8-6-10-17(21)27)25-23-24-14-7-4-5-9-16(14)26(22)23/h4-5,7,9,11-12,22H,6,8,10H2,1-3H3,(H,24,25)/t22-/m1/s1. The average Bonchev–Trinajstić information content (AvgIpc) is 3.15. The van der Waals surface area contributed by atoms with Crippen molar-refractivity contribution in [3.63, 3.8) is 0 Å². The van der Waals surface area contributed by atoms with Crippen molar-refractivity contribution in [1.82, 2.24) is 9.55 Å². The number of carbonyl (C=O) groups excluding carboxylic acids is 1. The van der Waals surface area contributed by atoms with Crippen LogP contribution in [-0.2, 0) is 4.79 Å². The van der Waals surface area contributed by atoms with E-state index in [0.29, 0.717) is 23.7 Å². The van der Waals surface area contributed by atoms with Crippen LogP contribution in [0.2, 0.25) is 0 Å². The first kappa shape index (κ1) is 18.5. The number of hydrogen-bond acceptors (Lipinski definition) is 6. The highest BCUT2D eigenvalue weighted by Gasteiger charge is 2.38. The Hall–Kier alpha value is -3.48. The first-order valence-electron chi connectivity index (χ1n) is 9.96. The Morgan fingerprint density at radius 1 is 1.00 bits per heavy atom. The maximum absolute atomic E-state index is 13.1. The van der Waals surface area contributed by atoms with Crippen molar-refractivity contribution in [1.29, 1.82) is 0 Å². The Kier molecular flexibility index (Phi) is 4.38. The molecular formula is C23H23N3O4. The third-order valence-electron chi connectivity index (χ3n) is 5.88. The van der Waals surface area contributed by atoms with E-state index in [4.69, 9.17) is 19.2 Å². The second-order valence-electron chi connectivity index (χ2n) is 7.44. The smallest absolute Gasteiger partial charge is 0.209 e. The van der Waals surface area contributed by atoms with Gasteiger partial charge in [-0.15, -0.1) is 0 Å². The molecule has 30 heavy (non-hydrogen) atoms. The lowest BCUT2D eigenvalue weighted by atomic mass is 9.84. The Labute approximate surface area is 174 Å². The van der Waals surface area contributed by atoms with Gasteiger partial charge in [0.25, 0.3) is 0 Å². The number of hydrogen-bond donors (Lipinski definition) is 1. The predicted octanol–water partition coefficient (Wildman–Crippen LogP) is 4.08. The largest absolute Gasteiger partial charge is 0.496 e. The van der Waals surface area contributed by atoms with Crippen LogP contribution < -0.4 is 19.5 Å². The molecule has 7 heteroatoms. The number of carbonyl (C=O) groups is 1. The molecule has 3 aromatic rings. The van der Waals surface area contributed by atoms with Crippen LogP contribution in [0, 0.1) is 0 Å². The lowest BCUT2D eigenvalue weighted by Crippen LogP contribution is -2.31. The van der Waals surface area contributed by atoms with Crippen LogP contribution in [0.15, 0.2) is 47.7 Å². The van der Waals surface area contributed by atoms with Gasteiger partial charge in [0.2, 0.25) is 5.95 Å². The van der Waals surface area contributed by atoms with E-state index >= 15 is 0 Å². The highest BCUT2D eigenvalue weighted by Crippen LogP contribution is 2.47. The molecule has 0 spiro atoms. The van der Waals surface area contributed by atoms with Crippen molar-refractivity contribution >= 4 is 22.8 Å². The van der Waals surface area contributed by atoms with Gasteiger partial charge < -0.3 is 19.5 Å². The first-order chi connectivity index (χ1) is 14.7. The molecule has 0 saturated carbocycles. The fraction of sp³-hybridized carbons (Fsp3) is 0.304. The summed E-state index contributed by atoms with van der Waals surface area (Å²) in [5.41, 5.74) is 4.37. The molecule has 0 amide bonds. The Morgan fingerprint density at radius 3 is 2.50 bits per heavy atom. The zero-order valence-corrected chi connectivity index (χ0v) is 17.2. The Balaban J connectivity index is 1.83. The molecule has 1 aromatic heterocycles. The molecule has 154 valence electrons. The Bertz CT molecular complexity index is 1190. The summed E-state index contributed by atoms with van der Waals surface area (Å²) >= 11 is 0. The average molecular weight is 405 g/mol. The molecule has 1 N–H and O–H groups in total. The molecule has 7 nitrogen and oxygen atoms in total. The van der Waals surface area contributed by atoms with Gasteiger partial charge in [-0.05, 0) is 31.0 Å². The van der Waals surface area contributed by atoms with Gasteiger partial charge in [-0.1, -0.05) is 12.1 Å². The second-order valence-corrected chi connectivity index (χ2v) is 7.44. The number of para-hydroxylation sites is 2. The fourth-order valence-corrected chi connectivity index (χ4v) is 4.53. The summed E-state index contributed by atoms with van der Waals surface area (Å²) in [5.74, 6) is 2.67. The number of methoxy groups -OCH3 is 3. The van der Waals surface area contributed by atoms with Crippen LogP contribution in [0.1, 0.15) is 30.9 Å². The number of aromatic nitrogens is 2. The minimum Gasteiger partial charge on any atom is -0.496 e.